The van der Waals surface area contributed by atoms with Gasteiger partial charge in [-0.05, 0) is 6.54 Å². The summed E-state index contributed by atoms with van der Waals surface area (Å²) >= 11 is 0. The van der Waals surface area contributed by atoms with Gasteiger partial charge in [0.1, 0.15) is 0 Å². The molecule has 1 atom stereocenters. The molecule has 0 saturated heterocycles. The van der Waals surface area contributed by atoms with Gasteiger partial charge in [0.2, 0.25) is 7.37 Å². The van der Waals surface area contributed by atoms with Gasteiger partial charge >= 0.3 is 0 Å². The second kappa shape index (κ2) is 5.46. The van der Waals surface area contributed by atoms with Crippen LogP contribution in [0.15, 0.2) is 0 Å². The highest BCUT2D eigenvalue weighted by molar-refractivity contribution is 7.57. The third-order valence-electron chi connectivity index (χ3n) is 1.63. The molecule has 0 spiro atoms. The Morgan fingerprint density at radius 2 is 2.00 bits per heavy atom. The summed E-state index contributed by atoms with van der Waals surface area (Å²) in [5, 5.41) is 9.26. The van der Waals surface area contributed by atoms with Crippen LogP contribution in [-0.4, -0.2) is 59.1 Å². The van der Waals surface area contributed by atoms with Crippen LogP contribution in [0.1, 0.15) is 6.92 Å². The molecule has 0 heterocycles. The number of hydrogen-bond donors (Lipinski definition) is 2. The number of nitrogens with zero attached hydrogens (tertiary/aromatic N) is 2. The number of likely N-dealkylation sites (N-methyl/N-ethyl adjacent to an activating group) is 2. The first-order chi connectivity index (χ1) is 6.26. The van der Waals surface area contributed by atoms with Gasteiger partial charge in [-0.1, -0.05) is 6.92 Å². The van der Waals surface area contributed by atoms with Gasteiger partial charge in [0, 0.05) is 13.7 Å². The van der Waals surface area contributed by atoms with Crippen LogP contribution in [0.4, 0.5) is 0 Å². The topological polar surface area (TPSA) is 81.1 Å². The van der Waals surface area contributed by atoms with E-state index < -0.39 is 13.3 Å². The summed E-state index contributed by atoms with van der Waals surface area (Å²) in [7, 11) is -1.93. The molecule has 84 valence electrons. The van der Waals surface area contributed by atoms with Crippen molar-refractivity contribution in [2.75, 3.05) is 33.1 Å². The lowest BCUT2D eigenvalue weighted by Crippen LogP contribution is -2.37. The second-order valence-electron chi connectivity index (χ2n) is 3.25. The Labute approximate surface area is 83.5 Å². The second-order valence-corrected chi connectivity index (χ2v) is 5.64. The lowest BCUT2D eigenvalue weighted by Gasteiger charge is -2.22. The Balaban J connectivity index is 4.17. The number of amides is 1. The molecule has 6 nitrogen and oxygen atoms in total. The van der Waals surface area contributed by atoms with Crippen molar-refractivity contribution in [3.05, 3.63) is 0 Å². The largest absolute Gasteiger partial charge is 0.344 e. The molecule has 0 aliphatic heterocycles. The van der Waals surface area contributed by atoms with Crippen LogP contribution in [0.2, 0.25) is 0 Å². The van der Waals surface area contributed by atoms with Crippen molar-refractivity contribution in [1.82, 2.24) is 9.96 Å². The summed E-state index contributed by atoms with van der Waals surface area (Å²) in [5.74, 6) is -0.500. The van der Waals surface area contributed by atoms with Crippen molar-refractivity contribution >= 4 is 13.3 Å². The van der Waals surface area contributed by atoms with Crippen LogP contribution < -0.4 is 0 Å². The fourth-order valence-electron chi connectivity index (χ4n) is 0.927. The maximum Gasteiger partial charge on any atom is 0.259 e. The highest BCUT2D eigenvalue weighted by Crippen LogP contribution is 2.35. The van der Waals surface area contributed by atoms with E-state index in [0.29, 0.717) is 11.6 Å². The van der Waals surface area contributed by atoms with Gasteiger partial charge in [-0.25, -0.2) is 5.06 Å². The summed E-state index contributed by atoms with van der Waals surface area (Å²) in [6.07, 6.45) is -0.0386. The van der Waals surface area contributed by atoms with E-state index in [9.17, 15) is 9.36 Å². The van der Waals surface area contributed by atoms with Gasteiger partial charge in [-0.2, -0.15) is 0 Å². The van der Waals surface area contributed by atoms with Crippen molar-refractivity contribution in [3.8, 4) is 0 Å². The molecule has 1 amide bonds. The SMILES string of the molecule is CCN(CC(=O)N(C)O)CP(C)(=O)O. The van der Waals surface area contributed by atoms with Crippen molar-refractivity contribution < 1.29 is 19.5 Å². The molecule has 14 heavy (non-hydrogen) atoms. The van der Waals surface area contributed by atoms with Crippen LogP contribution in [0, 0.1) is 0 Å². The van der Waals surface area contributed by atoms with Crippen LogP contribution in [0.3, 0.4) is 0 Å². The highest BCUT2D eigenvalue weighted by atomic mass is 31.2. The first-order valence-electron chi connectivity index (χ1n) is 4.23. The van der Waals surface area contributed by atoms with E-state index in [-0.39, 0.29) is 12.8 Å². The summed E-state index contributed by atoms with van der Waals surface area (Å²) in [5.41, 5.74) is 0. The molecule has 0 aromatic heterocycles. The molecule has 0 bridgehead atoms. The van der Waals surface area contributed by atoms with Gasteiger partial charge < -0.3 is 4.89 Å². The number of carbonyl (C=O) groups excluding carboxylic acids is 1. The lowest BCUT2D eigenvalue weighted by molar-refractivity contribution is -0.160. The molecule has 0 aromatic carbocycles. The first kappa shape index (κ1) is 13.6. The summed E-state index contributed by atoms with van der Waals surface area (Å²) in [4.78, 5) is 21.7. The zero-order valence-corrected chi connectivity index (χ0v) is 9.57. The minimum Gasteiger partial charge on any atom is -0.344 e. The van der Waals surface area contributed by atoms with Crippen molar-refractivity contribution in [3.63, 3.8) is 0 Å². The standard InChI is InChI=1S/C7H17N2O4P/c1-4-9(6-14(3,12)13)5-7(10)8(2)11/h11H,4-6H2,1-3H3,(H,12,13). The van der Waals surface area contributed by atoms with Gasteiger partial charge in [0.25, 0.3) is 5.91 Å². The zero-order chi connectivity index (χ0) is 11.4. The van der Waals surface area contributed by atoms with E-state index in [2.05, 4.69) is 0 Å². The summed E-state index contributed by atoms with van der Waals surface area (Å²) in [6.45, 7) is 3.45. The fourth-order valence-corrected chi connectivity index (χ4v) is 1.97. The minimum absolute atomic E-state index is 0.0386. The van der Waals surface area contributed by atoms with Crippen molar-refractivity contribution in [2.45, 2.75) is 6.92 Å². The summed E-state index contributed by atoms with van der Waals surface area (Å²) < 4.78 is 11.1. The average molecular weight is 224 g/mol. The minimum atomic E-state index is -3.15. The lowest BCUT2D eigenvalue weighted by atomic mass is 10.5. The Bertz CT molecular complexity index is 238. The Morgan fingerprint density at radius 1 is 1.50 bits per heavy atom. The Hall–Kier alpha value is -0.420. The van der Waals surface area contributed by atoms with Crippen LogP contribution in [0.5, 0.6) is 0 Å². The first-order valence-corrected chi connectivity index (χ1v) is 6.52. The molecule has 0 radical (unpaired) electrons. The number of hydrogen-bond acceptors (Lipinski definition) is 4. The third kappa shape index (κ3) is 6.10. The van der Waals surface area contributed by atoms with Crippen LogP contribution >= 0.6 is 7.37 Å². The molecule has 0 aliphatic carbocycles. The average Bonchev–Trinajstić information content (AvgIpc) is 2.00. The van der Waals surface area contributed by atoms with Crippen LogP contribution in [0.25, 0.3) is 0 Å². The number of carbonyl (C=O) groups is 1. The number of hydroxylamine groups is 2. The predicted octanol–water partition coefficient (Wildman–Crippen LogP) is 0.0136. The van der Waals surface area contributed by atoms with E-state index in [0.717, 1.165) is 0 Å². The van der Waals surface area contributed by atoms with Gasteiger partial charge in [-0.3, -0.25) is 19.5 Å². The zero-order valence-electron chi connectivity index (χ0n) is 8.67. The van der Waals surface area contributed by atoms with Crippen molar-refractivity contribution in [1.29, 1.82) is 0 Å². The normalized spacial score (nSPS) is 15.3. The molecule has 0 aromatic rings. The Kier molecular flexibility index (Phi) is 5.29. The fraction of sp³-hybridized carbons (Fsp3) is 0.857. The molecule has 0 saturated carbocycles. The van der Waals surface area contributed by atoms with Crippen molar-refractivity contribution in [2.24, 2.45) is 0 Å². The van der Waals surface area contributed by atoms with Gasteiger partial charge in [0.15, 0.2) is 0 Å². The maximum absolute atomic E-state index is 11.1. The quantitative estimate of drug-likeness (QED) is 0.390. The van der Waals surface area contributed by atoms with E-state index in [1.807, 2.05) is 0 Å². The van der Waals surface area contributed by atoms with E-state index in [1.165, 1.54) is 18.6 Å². The van der Waals surface area contributed by atoms with Gasteiger partial charge in [0.05, 0.1) is 12.8 Å². The molecular formula is C7H17N2O4P. The monoisotopic (exact) mass is 224 g/mol. The predicted molar refractivity (Wildman–Crippen MR) is 52.4 cm³/mol. The highest BCUT2D eigenvalue weighted by Gasteiger charge is 2.18. The maximum atomic E-state index is 11.1. The molecule has 0 aliphatic rings. The number of rotatable bonds is 5. The van der Waals surface area contributed by atoms with E-state index >= 15 is 0 Å². The molecule has 1 unspecified atom stereocenters. The molecule has 0 fully saturated rings. The molecular weight excluding hydrogens is 207 g/mol. The van der Waals surface area contributed by atoms with Gasteiger partial charge in [-0.15, -0.1) is 0 Å². The Morgan fingerprint density at radius 3 is 2.29 bits per heavy atom. The third-order valence-corrected chi connectivity index (χ3v) is 2.55. The molecule has 0 rings (SSSR count). The van der Waals surface area contributed by atoms with E-state index in [1.54, 1.807) is 6.92 Å². The van der Waals surface area contributed by atoms with Crippen LogP contribution in [-0.2, 0) is 9.36 Å². The molecule has 2 N–H and O–H groups in total. The van der Waals surface area contributed by atoms with E-state index in [4.69, 9.17) is 10.1 Å². The molecule has 7 heteroatoms. The smallest absolute Gasteiger partial charge is 0.259 e. The summed E-state index contributed by atoms with van der Waals surface area (Å²) in [6, 6.07) is 0.